The average Bonchev–Trinajstić information content (AvgIpc) is 2.62. The van der Waals surface area contributed by atoms with E-state index in [9.17, 15) is 0 Å². The van der Waals surface area contributed by atoms with Gasteiger partial charge in [0.05, 0.1) is 0 Å². The molecule has 0 radical (unpaired) electrons. The first-order chi connectivity index (χ1) is 11.8. The van der Waals surface area contributed by atoms with Crippen molar-refractivity contribution in [3.05, 3.63) is 60.7 Å². The van der Waals surface area contributed by atoms with E-state index in [2.05, 4.69) is 74.5 Å². The fourth-order valence-corrected chi connectivity index (χ4v) is 5.32. The summed E-state index contributed by atoms with van der Waals surface area (Å²) in [6.45, 7) is 4.70. The summed E-state index contributed by atoms with van der Waals surface area (Å²) < 4.78 is 0. The largest absolute Gasteiger partial charge is 0.126 e. The van der Waals surface area contributed by atoms with Crippen molar-refractivity contribution < 1.29 is 0 Å². The molecular weight excluding hydrogens is 328 g/mol. The molecule has 0 aliphatic rings. The lowest BCUT2D eigenvalue weighted by Gasteiger charge is -2.23. The minimum absolute atomic E-state index is 0.658. The second-order valence-corrected chi connectivity index (χ2v) is 8.91. The van der Waals surface area contributed by atoms with Gasteiger partial charge >= 0.3 is 0 Å². The predicted octanol–water partition coefficient (Wildman–Crippen LogP) is 7.55. The van der Waals surface area contributed by atoms with Gasteiger partial charge in [-0.15, -0.1) is 23.5 Å². The first kappa shape index (κ1) is 19.5. The summed E-state index contributed by atoms with van der Waals surface area (Å²) in [6.07, 6.45) is 6.79. The summed E-state index contributed by atoms with van der Waals surface area (Å²) in [6, 6.07) is 21.7. The van der Waals surface area contributed by atoms with E-state index in [1.807, 2.05) is 23.5 Å². The second kappa shape index (κ2) is 11.7. The van der Waals surface area contributed by atoms with Crippen molar-refractivity contribution in [2.45, 2.75) is 61.0 Å². The van der Waals surface area contributed by atoms with Gasteiger partial charge in [-0.2, -0.15) is 0 Å². The molecule has 2 aromatic carbocycles. The molecule has 0 spiro atoms. The van der Waals surface area contributed by atoms with Gasteiger partial charge in [0.15, 0.2) is 0 Å². The Hall–Kier alpha value is -0.860. The molecule has 0 saturated heterocycles. The molecule has 0 fully saturated rings. The summed E-state index contributed by atoms with van der Waals surface area (Å²) in [4.78, 5) is 2.79. The lowest BCUT2D eigenvalue weighted by Crippen LogP contribution is -2.17. The second-order valence-electron chi connectivity index (χ2n) is 6.37. The van der Waals surface area contributed by atoms with E-state index in [-0.39, 0.29) is 0 Å². The molecule has 2 aromatic rings. The smallest absolute Gasteiger partial charge is 0.0102 e. The van der Waals surface area contributed by atoms with Gasteiger partial charge in [-0.25, -0.2) is 0 Å². The van der Waals surface area contributed by atoms with Crippen LogP contribution in [-0.2, 0) is 0 Å². The Labute approximate surface area is 156 Å². The molecule has 0 nitrogen and oxygen atoms in total. The van der Waals surface area contributed by atoms with Crippen molar-refractivity contribution in [1.29, 1.82) is 0 Å². The van der Waals surface area contributed by atoms with Crippen LogP contribution in [0.15, 0.2) is 70.5 Å². The lowest BCUT2D eigenvalue weighted by molar-refractivity contribution is 0.493. The molecule has 2 heteroatoms. The van der Waals surface area contributed by atoms with Crippen LogP contribution in [0.4, 0.5) is 0 Å². The number of rotatable bonds is 11. The number of benzene rings is 2. The molecule has 2 atom stereocenters. The first-order valence-corrected chi connectivity index (χ1v) is 11.1. The van der Waals surface area contributed by atoms with Gasteiger partial charge < -0.3 is 0 Å². The molecule has 0 aromatic heterocycles. The summed E-state index contributed by atoms with van der Waals surface area (Å²) in [5, 5.41) is 0.658. The first-order valence-electron chi connectivity index (χ1n) is 9.19. The fourth-order valence-electron chi connectivity index (χ4n) is 2.82. The molecule has 0 N–H and O–H groups in total. The Morgan fingerprint density at radius 1 is 0.792 bits per heavy atom. The maximum absolute atomic E-state index is 2.41. The maximum Gasteiger partial charge on any atom is 0.0102 e. The molecule has 0 saturated carbocycles. The number of hydrogen-bond acceptors (Lipinski definition) is 2. The van der Waals surface area contributed by atoms with Gasteiger partial charge in [0.1, 0.15) is 0 Å². The van der Waals surface area contributed by atoms with Crippen molar-refractivity contribution in [3.63, 3.8) is 0 Å². The molecule has 24 heavy (non-hydrogen) atoms. The lowest BCUT2D eigenvalue weighted by atomic mass is 10.00. The van der Waals surface area contributed by atoms with Gasteiger partial charge in [-0.1, -0.05) is 75.9 Å². The SMILES string of the molecule is CCCCCCC(CSc1ccccc1)C(C)Sc1ccccc1. The summed E-state index contributed by atoms with van der Waals surface area (Å²) in [7, 11) is 0. The van der Waals surface area contributed by atoms with Crippen LogP contribution < -0.4 is 0 Å². The maximum atomic E-state index is 2.41. The quantitative estimate of drug-likeness (QED) is 0.300. The van der Waals surface area contributed by atoms with Gasteiger partial charge in [0.2, 0.25) is 0 Å². The molecule has 0 bridgehead atoms. The van der Waals surface area contributed by atoms with Gasteiger partial charge in [0.25, 0.3) is 0 Å². The number of unbranched alkanes of at least 4 members (excludes halogenated alkanes) is 3. The zero-order chi connectivity index (χ0) is 17.0. The zero-order valence-electron chi connectivity index (χ0n) is 15.0. The van der Waals surface area contributed by atoms with Crippen LogP contribution in [0, 0.1) is 5.92 Å². The predicted molar refractivity (Wildman–Crippen MR) is 111 cm³/mol. The normalized spacial score (nSPS) is 13.6. The van der Waals surface area contributed by atoms with Crippen LogP contribution in [-0.4, -0.2) is 11.0 Å². The molecule has 130 valence electrons. The molecule has 0 heterocycles. The van der Waals surface area contributed by atoms with E-state index in [0.717, 1.165) is 5.92 Å². The van der Waals surface area contributed by atoms with Crippen LogP contribution in [0.25, 0.3) is 0 Å². The Balaban J connectivity index is 1.90. The van der Waals surface area contributed by atoms with Crippen LogP contribution >= 0.6 is 23.5 Å². The van der Waals surface area contributed by atoms with E-state index in [0.29, 0.717) is 5.25 Å². The zero-order valence-corrected chi connectivity index (χ0v) is 16.6. The number of hydrogen-bond donors (Lipinski definition) is 0. The van der Waals surface area contributed by atoms with Crippen molar-refractivity contribution in [2.24, 2.45) is 5.92 Å². The third-order valence-corrected chi connectivity index (χ3v) is 6.87. The summed E-state index contributed by atoms with van der Waals surface area (Å²) >= 11 is 4.06. The van der Waals surface area contributed by atoms with E-state index >= 15 is 0 Å². The number of thioether (sulfide) groups is 2. The molecule has 2 unspecified atom stereocenters. The average molecular weight is 359 g/mol. The van der Waals surface area contributed by atoms with E-state index in [1.54, 1.807) is 0 Å². The van der Waals surface area contributed by atoms with Crippen molar-refractivity contribution in [2.75, 3.05) is 5.75 Å². The Kier molecular flexibility index (Phi) is 9.45. The van der Waals surface area contributed by atoms with Crippen molar-refractivity contribution in [3.8, 4) is 0 Å². The minimum atomic E-state index is 0.658. The minimum Gasteiger partial charge on any atom is -0.126 e. The Bertz CT molecular complexity index is 538. The Morgan fingerprint density at radius 2 is 1.42 bits per heavy atom. The van der Waals surface area contributed by atoms with Crippen molar-refractivity contribution >= 4 is 23.5 Å². The molecule has 0 aliphatic heterocycles. The third kappa shape index (κ3) is 7.36. The van der Waals surface area contributed by atoms with E-state index in [1.165, 1.54) is 47.6 Å². The van der Waals surface area contributed by atoms with Crippen molar-refractivity contribution in [1.82, 2.24) is 0 Å². The van der Waals surface area contributed by atoms with E-state index in [4.69, 9.17) is 0 Å². The van der Waals surface area contributed by atoms with E-state index < -0.39 is 0 Å². The van der Waals surface area contributed by atoms with Gasteiger partial charge in [-0.05, 0) is 36.6 Å². The fraction of sp³-hybridized carbons (Fsp3) is 0.455. The van der Waals surface area contributed by atoms with Crippen LogP contribution in [0.2, 0.25) is 0 Å². The summed E-state index contributed by atoms with van der Waals surface area (Å²) in [5.41, 5.74) is 0. The molecule has 0 aliphatic carbocycles. The standard InChI is InChI=1S/C22H30S2/c1-3-4-5-8-13-20(18-23-21-14-9-6-10-15-21)19(2)24-22-16-11-7-12-17-22/h6-7,9-12,14-17,19-20H,3-5,8,13,18H2,1-2H3. The van der Waals surface area contributed by atoms with Crippen LogP contribution in [0.3, 0.4) is 0 Å². The topological polar surface area (TPSA) is 0 Å². The monoisotopic (exact) mass is 358 g/mol. The highest BCUT2D eigenvalue weighted by Crippen LogP contribution is 2.34. The van der Waals surface area contributed by atoms with Gasteiger partial charge in [-0.3, -0.25) is 0 Å². The highest BCUT2D eigenvalue weighted by Gasteiger charge is 2.18. The highest BCUT2D eigenvalue weighted by atomic mass is 32.2. The summed E-state index contributed by atoms with van der Waals surface area (Å²) in [5.74, 6) is 1.98. The van der Waals surface area contributed by atoms with Crippen LogP contribution in [0.5, 0.6) is 0 Å². The molecule has 2 rings (SSSR count). The Morgan fingerprint density at radius 3 is 2.04 bits per heavy atom. The molecular formula is C22H30S2. The third-order valence-electron chi connectivity index (χ3n) is 4.36. The van der Waals surface area contributed by atoms with Crippen LogP contribution in [0.1, 0.15) is 46.0 Å². The van der Waals surface area contributed by atoms with Gasteiger partial charge in [0, 0.05) is 20.8 Å². The highest BCUT2D eigenvalue weighted by molar-refractivity contribution is 8.00. The molecule has 0 amide bonds.